The lowest BCUT2D eigenvalue weighted by atomic mass is 10.0. The molecular weight excluding hydrogens is 478 g/mol. The maximum atomic E-state index is 11.8. The number of hydrogen-bond acceptors (Lipinski definition) is 9. The highest BCUT2D eigenvalue weighted by Crippen LogP contribution is 2.33. The average Bonchev–Trinajstić information content (AvgIpc) is 3.37. The minimum Gasteiger partial charge on any atom is -0.453 e. The van der Waals surface area contributed by atoms with Crippen LogP contribution in [-0.4, -0.2) is 71.2 Å². The Balaban J connectivity index is 1.51. The molecule has 3 aromatic heterocycles. The summed E-state index contributed by atoms with van der Waals surface area (Å²) in [4.78, 5) is 42.2. The van der Waals surface area contributed by atoms with E-state index in [-0.39, 0.29) is 11.9 Å². The van der Waals surface area contributed by atoms with E-state index in [1.165, 1.54) is 7.11 Å². The number of ether oxygens (including phenoxy) is 1. The Morgan fingerprint density at radius 3 is 2.72 bits per heavy atom. The molecule has 0 saturated carbocycles. The topological polar surface area (TPSA) is 113 Å². The number of hydrogen-bond donors (Lipinski definition) is 2. The number of thiazole rings is 1. The van der Waals surface area contributed by atoms with Crippen LogP contribution in [0.3, 0.4) is 0 Å². The van der Waals surface area contributed by atoms with E-state index in [2.05, 4.69) is 20.5 Å². The molecule has 11 heteroatoms. The van der Waals surface area contributed by atoms with Crippen molar-refractivity contribution >= 4 is 40.1 Å². The molecule has 0 aliphatic carbocycles. The quantitative estimate of drug-likeness (QED) is 0.471. The van der Waals surface area contributed by atoms with E-state index in [4.69, 9.17) is 14.7 Å². The van der Waals surface area contributed by atoms with Crippen LogP contribution in [0.5, 0.6) is 0 Å². The van der Waals surface area contributed by atoms with Gasteiger partial charge in [0.1, 0.15) is 11.6 Å². The van der Waals surface area contributed by atoms with Crippen LogP contribution in [0.25, 0.3) is 10.6 Å². The molecule has 0 unspecified atom stereocenters. The molecule has 1 aliphatic rings. The predicted molar refractivity (Wildman–Crippen MR) is 141 cm³/mol. The minimum atomic E-state index is -0.460. The summed E-state index contributed by atoms with van der Waals surface area (Å²) in [6, 6.07) is 9.95. The molecule has 0 atom stereocenters. The fourth-order valence-electron chi connectivity index (χ4n) is 4.17. The Morgan fingerprint density at radius 2 is 2.00 bits per heavy atom. The summed E-state index contributed by atoms with van der Waals surface area (Å²) in [5.41, 5.74) is 1.93. The number of nitrogens with one attached hydrogen (secondary N) is 2. The number of piperidine rings is 1. The van der Waals surface area contributed by atoms with Crippen molar-refractivity contribution in [3.8, 4) is 10.6 Å². The molecule has 10 nitrogen and oxygen atoms in total. The summed E-state index contributed by atoms with van der Waals surface area (Å²) in [5.74, 6) is 1.55. The minimum absolute atomic E-state index is 0.101. The Bertz CT molecular complexity index is 1190. The van der Waals surface area contributed by atoms with Gasteiger partial charge in [0.25, 0.3) is 0 Å². The molecule has 190 valence electrons. The average molecular weight is 510 g/mol. The van der Waals surface area contributed by atoms with Gasteiger partial charge in [0.05, 0.1) is 17.7 Å². The highest BCUT2D eigenvalue weighted by molar-refractivity contribution is 7.18. The first-order chi connectivity index (χ1) is 17.4. The van der Waals surface area contributed by atoms with Crippen molar-refractivity contribution in [2.45, 2.75) is 32.7 Å². The number of alkyl carbamates (subject to hydrolysis) is 1. The Labute approximate surface area is 214 Å². The Hall–Kier alpha value is -3.73. The Morgan fingerprint density at radius 1 is 1.19 bits per heavy atom. The van der Waals surface area contributed by atoms with E-state index in [9.17, 15) is 9.59 Å². The highest BCUT2D eigenvalue weighted by atomic mass is 32.1. The monoisotopic (exact) mass is 509 g/mol. The first kappa shape index (κ1) is 25.4. The number of amides is 2. The van der Waals surface area contributed by atoms with Crippen molar-refractivity contribution in [3.63, 3.8) is 0 Å². The molecule has 0 aromatic carbocycles. The van der Waals surface area contributed by atoms with Gasteiger partial charge in [-0.3, -0.25) is 4.79 Å². The number of methoxy groups -OCH3 is 1. The van der Waals surface area contributed by atoms with Gasteiger partial charge in [0.2, 0.25) is 5.91 Å². The number of carbonyl (C=O) groups is 2. The summed E-state index contributed by atoms with van der Waals surface area (Å²) in [6.07, 6.45) is 4.82. The number of nitrogens with zero attached hydrogens (tertiary/aromatic N) is 5. The molecule has 1 aliphatic heterocycles. The molecule has 0 spiro atoms. The lowest BCUT2D eigenvalue weighted by Crippen LogP contribution is -2.48. The normalized spacial score (nSPS) is 13.8. The van der Waals surface area contributed by atoms with Gasteiger partial charge in [0.15, 0.2) is 5.13 Å². The van der Waals surface area contributed by atoms with Crippen LogP contribution in [0, 0.1) is 6.92 Å². The van der Waals surface area contributed by atoms with Crippen LogP contribution >= 0.6 is 11.3 Å². The van der Waals surface area contributed by atoms with E-state index in [1.54, 1.807) is 24.5 Å². The highest BCUT2D eigenvalue weighted by Gasteiger charge is 2.27. The summed E-state index contributed by atoms with van der Waals surface area (Å²) in [7, 11) is 1.35. The van der Waals surface area contributed by atoms with Crippen LogP contribution in [0.4, 0.5) is 21.6 Å². The van der Waals surface area contributed by atoms with Crippen LogP contribution < -0.4 is 15.5 Å². The number of aromatic nitrogens is 3. The number of carbonyl (C=O) groups excluding carboxylic acids is 2. The smallest absolute Gasteiger partial charge is 0.406 e. The molecule has 4 heterocycles. The van der Waals surface area contributed by atoms with Crippen molar-refractivity contribution in [1.29, 1.82) is 0 Å². The van der Waals surface area contributed by atoms with Gasteiger partial charge in [-0.05, 0) is 49.6 Å². The molecule has 2 amide bonds. The predicted octanol–water partition coefficient (Wildman–Crippen LogP) is 3.83. The number of anilines is 3. The van der Waals surface area contributed by atoms with Gasteiger partial charge < -0.3 is 25.2 Å². The van der Waals surface area contributed by atoms with E-state index in [1.807, 2.05) is 48.4 Å². The van der Waals surface area contributed by atoms with Gasteiger partial charge in [-0.1, -0.05) is 17.4 Å². The fourth-order valence-corrected chi connectivity index (χ4v) is 5.15. The standard InChI is InChI=1S/C25H31N7O3S/c1-17-7-10-26-23(15-17)30-22-6-4-5-20(29-22)21-16-28-24(36-21)32(14-11-27-25(34)35-3)19-8-12-31(13-9-19)18(2)33/h4-7,10,15-16,19H,8-9,11-14H2,1-3H3,(H,27,34)(H,26,29,30). The number of likely N-dealkylation sites (tertiary alicyclic amines) is 1. The lowest BCUT2D eigenvalue weighted by Gasteiger charge is -2.38. The van der Waals surface area contributed by atoms with Crippen LogP contribution in [0.1, 0.15) is 25.3 Å². The molecular formula is C25H31N7O3S. The molecule has 36 heavy (non-hydrogen) atoms. The summed E-state index contributed by atoms with van der Waals surface area (Å²) in [5, 5.41) is 6.88. The largest absolute Gasteiger partial charge is 0.453 e. The van der Waals surface area contributed by atoms with Gasteiger partial charge >= 0.3 is 6.09 Å². The SMILES string of the molecule is COC(=O)NCCN(c1ncc(-c2cccc(Nc3cc(C)ccn3)n2)s1)C1CCN(C(C)=O)CC1. The number of aryl methyl sites for hydroxylation is 1. The third-order valence-corrected chi connectivity index (χ3v) is 7.13. The molecule has 2 N–H and O–H groups in total. The number of pyridine rings is 2. The van der Waals surface area contributed by atoms with Gasteiger partial charge in [-0.25, -0.2) is 19.7 Å². The fraction of sp³-hybridized carbons (Fsp3) is 0.400. The maximum absolute atomic E-state index is 11.8. The molecule has 1 fully saturated rings. The van der Waals surface area contributed by atoms with Gasteiger partial charge in [0, 0.05) is 51.5 Å². The summed E-state index contributed by atoms with van der Waals surface area (Å²) >= 11 is 1.56. The molecule has 3 aromatic rings. The van der Waals surface area contributed by atoms with Crippen LogP contribution in [0.2, 0.25) is 0 Å². The van der Waals surface area contributed by atoms with Crippen molar-refractivity contribution in [3.05, 3.63) is 48.3 Å². The second-order valence-electron chi connectivity index (χ2n) is 8.61. The van der Waals surface area contributed by atoms with Crippen LogP contribution in [-0.2, 0) is 9.53 Å². The second kappa shape index (κ2) is 11.8. The molecule has 0 radical (unpaired) electrons. The maximum Gasteiger partial charge on any atom is 0.406 e. The van der Waals surface area contributed by atoms with Crippen LogP contribution in [0.15, 0.2) is 42.7 Å². The van der Waals surface area contributed by atoms with Crippen molar-refractivity contribution in [2.75, 3.05) is 43.5 Å². The van der Waals surface area contributed by atoms with Crippen molar-refractivity contribution in [2.24, 2.45) is 0 Å². The van der Waals surface area contributed by atoms with E-state index in [0.29, 0.717) is 32.0 Å². The third kappa shape index (κ3) is 6.48. The number of rotatable bonds is 8. The van der Waals surface area contributed by atoms with Crippen molar-refractivity contribution < 1.29 is 14.3 Å². The molecule has 1 saturated heterocycles. The van der Waals surface area contributed by atoms with Gasteiger partial charge in [-0.15, -0.1) is 0 Å². The van der Waals surface area contributed by atoms with E-state index in [0.717, 1.165) is 39.9 Å². The van der Waals surface area contributed by atoms with Gasteiger partial charge in [-0.2, -0.15) is 0 Å². The lowest BCUT2D eigenvalue weighted by molar-refractivity contribution is -0.129. The zero-order chi connectivity index (χ0) is 25.5. The first-order valence-electron chi connectivity index (χ1n) is 11.9. The molecule has 4 rings (SSSR count). The Kier molecular flexibility index (Phi) is 8.32. The van der Waals surface area contributed by atoms with E-state index >= 15 is 0 Å². The first-order valence-corrected chi connectivity index (χ1v) is 12.7. The second-order valence-corrected chi connectivity index (χ2v) is 9.62. The summed E-state index contributed by atoms with van der Waals surface area (Å²) in [6.45, 7) is 6.06. The zero-order valence-electron chi connectivity index (χ0n) is 20.7. The summed E-state index contributed by atoms with van der Waals surface area (Å²) < 4.78 is 4.70. The molecule has 0 bridgehead atoms. The zero-order valence-corrected chi connectivity index (χ0v) is 21.5. The third-order valence-electron chi connectivity index (χ3n) is 6.07. The van der Waals surface area contributed by atoms with Crippen molar-refractivity contribution in [1.82, 2.24) is 25.2 Å². The van der Waals surface area contributed by atoms with E-state index < -0.39 is 6.09 Å².